The Hall–Kier alpha value is -2.82. The number of hydrogen-bond donors (Lipinski definition) is 1. The highest BCUT2D eigenvalue weighted by molar-refractivity contribution is 7.93. The fourth-order valence-electron chi connectivity index (χ4n) is 4.41. The van der Waals surface area contributed by atoms with Crippen LogP contribution in [0.25, 0.3) is 0 Å². The number of carbonyl (C=O) groups excluding carboxylic acids is 1. The number of amides is 1. The molecule has 2 aliphatic rings. The summed E-state index contributed by atoms with van der Waals surface area (Å²) in [6.45, 7) is 3.66. The minimum atomic E-state index is -3.25. The second-order valence-corrected chi connectivity index (χ2v) is 10.3. The van der Waals surface area contributed by atoms with Gasteiger partial charge in [-0.25, -0.2) is 8.42 Å². The lowest BCUT2D eigenvalue weighted by molar-refractivity contribution is 0.0162. The van der Waals surface area contributed by atoms with E-state index in [1.807, 2.05) is 18.2 Å². The Morgan fingerprint density at radius 3 is 2.35 bits per heavy atom. The maximum Gasteiger partial charge on any atom is 0.251 e. The zero-order chi connectivity index (χ0) is 24.1. The quantitative estimate of drug-likeness (QED) is 0.606. The van der Waals surface area contributed by atoms with E-state index in [0.717, 1.165) is 18.7 Å². The van der Waals surface area contributed by atoms with E-state index in [1.165, 1.54) is 4.31 Å². The molecule has 10 heteroatoms. The van der Waals surface area contributed by atoms with Gasteiger partial charge >= 0.3 is 0 Å². The number of nitrogens with one attached hydrogen (secondary N) is 1. The van der Waals surface area contributed by atoms with E-state index in [9.17, 15) is 13.2 Å². The van der Waals surface area contributed by atoms with E-state index < -0.39 is 10.0 Å². The summed E-state index contributed by atoms with van der Waals surface area (Å²) in [6.07, 6.45) is 0.615. The Morgan fingerprint density at radius 2 is 1.74 bits per heavy atom. The summed E-state index contributed by atoms with van der Waals surface area (Å²) >= 11 is 0. The van der Waals surface area contributed by atoms with Gasteiger partial charge in [0.1, 0.15) is 0 Å². The third-order valence-corrected chi connectivity index (χ3v) is 8.12. The van der Waals surface area contributed by atoms with Crippen molar-refractivity contribution in [2.75, 3.05) is 63.7 Å². The van der Waals surface area contributed by atoms with Gasteiger partial charge in [0, 0.05) is 31.7 Å². The SMILES string of the molecule is COc1ccc(C(CNC(=O)c2ccc(N3CCCS3(=O)=O)cc2)N2CCOCC2)cc1OC. The van der Waals surface area contributed by atoms with Crippen LogP contribution < -0.4 is 19.1 Å². The smallest absolute Gasteiger partial charge is 0.251 e. The standard InChI is InChI=1S/C24H31N3O6S/c1-31-22-9-6-19(16-23(22)32-2)21(26-11-13-33-14-12-26)17-25-24(28)18-4-7-20(8-5-18)27-10-3-15-34(27,29)30/h4-9,16,21H,3,10-15,17H2,1-2H3,(H,25,28). The van der Waals surface area contributed by atoms with Crippen LogP contribution in [0.4, 0.5) is 5.69 Å². The van der Waals surface area contributed by atoms with Gasteiger partial charge < -0.3 is 19.5 Å². The molecule has 4 rings (SSSR count). The molecule has 1 N–H and O–H groups in total. The summed E-state index contributed by atoms with van der Waals surface area (Å²) in [5.41, 5.74) is 2.08. The van der Waals surface area contributed by atoms with Crippen molar-refractivity contribution in [1.29, 1.82) is 0 Å². The van der Waals surface area contributed by atoms with Gasteiger partial charge in [-0.05, 0) is 48.4 Å². The summed E-state index contributed by atoms with van der Waals surface area (Å²) in [6, 6.07) is 12.4. The van der Waals surface area contributed by atoms with Crippen LogP contribution in [-0.4, -0.2) is 78.6 Å². The molecule has 0 radical (unpaired) electrons. The molecule has 0 aromatic heterocycles. The van der Waals surface area contributed by atoms with Crippen molar-refractivity contribution in [3.8, 4) is 11.5 Å². The van der Waals surface area contributed by atoms with Crippen LogP contribution in [0.2, 0.25) is 0 Å². The Kier molecular flexibility index (Phi) is 7.60. The van der Waals surface area contributed by atoms with Crippen molar-refractivity contribution < 1.29 is 27.4 Å². The molecule has 1 unspecified atom stereocenters. The molecule has 0 bridgehead atoms. The Bertz CT molecular complexity index is 1100. The molecule has 0 aliphatic carbocycles. The number of ether oxygens (including phenoxy) is 3. The zero-order valence-corrected chi connectivity index (χ0v) is 20.3. The lowest BCUT2D eigenvalue weighted by Gasteiger charge is -2.35. The largest absolute Gasteiger partial charge is 0.493 e. The van der Waals surface area contributed by atoms with Crippen LogP contribution >= 0.6 is 0 Å². The number of sulfonamides is 1. The molecule has 0 spiro atoms. The zero-order valence-electron chi connectivity index (χ0n) is 19.5. The van der Waals surface area contributed by atoms with Gasteiger partial charge in [-0.3, -0.25) is 14.0 Å². The Labute approximate surface area is 200 Å². The van der Waals surface area contributed by atoms with Gasteiger partial charge in [-0.1, -0.05) is 6.07 Å². The van der Waals surface area contributed by atoms with Crippen LogP contribution in [0.3, 0.4) is 0 Å². The molecule has 1 amide bonds. The molecule has 0 saturated carbocycles. The first-order chi connectivity index (χ1) is 16.4. The third kappa shape index (κ3) is 5.29. The lowest BCUT2D eigenvalue weighted by Crippen LogP contribution is -2.43. The number of hydrogen-bond acceptors (Lipinski definition) is 7. The van der Waals surface area contributed by atoms with Crippen LogP contribution in [0.1, 0.15) is 28.4 Å². The minimum absolute atomic E-state index is 0.0679. The molecule has 184 valence electrons. The number of carbonyl (C=O) groups is 1. The average molecular weight is 490 g/mol. The summed E-state index contributed by atoms with van der Waals surface area (Å²) in [5, 5.41) is 3.04. The number of benzene rings is 2. The first kappa shape index (κ1) is 24.3. The predicted molar refractivity (Wildman–Crippen MR) is 129 cm³/mol. The molecule has 2 fully saturated rings. The van der Waals surface area contributed by atoms with E-state index in [0.29, 0.717) is 55.5 Å². The first-order valence-electron chi connectivity index (χ1n) is 11.4. The molecule has 2 saturated heterocycles. The lowest BCUT2D eigenvalue weighted by atomic mass is 10.0. The number of nitrogens with zero attached hydrogens (tertiary/aromatic N) is 2. The Balaban J connectivity index is 1.48. The molecule has 1 atom stereocenters. The van der Waals surface area contributed by atoms with Crippen molar-refractivity contribution in [2.45, 2.75) is 12.5 Å². The maximum atomic E-state index is 12.9. The molecule has 2 aromatic rings. The van der Waals surface area contributed by atoms with Gasteiger partial charge in [-0.15, -0.1) is 0 Å². The fraction of sp³-hybridized carbons (Fsp3) is 0.458. The van der Waals surface area contributed by atoms with Gasteiger partial charge in [0.05, 0.1) is 44.9 Å². The normalized spacial score (nSPS) is 18.9. The van der Waals surface area contributed by atoms with Crippen molar-refractivity contribution in [3.05, 3.63) is 53.6 Å². The molecule has 9 nitrogen and oxygen atoms in total. The summed E-state index contributed by atoms with van der Waals surface area (Å²) in [4.78, 5) is 15.2. The van der Waals surface area contributed by atoms with Gasteiger partial charge in [0.2, 0.25) is 10.0 Å². The highest BCUT2D eigenvalue weighted by atomic mass is 32.2. The number of rotatable bonds is 8. The molecular formula is C24H31N3O6S. The van der Waals surface area contributed by atoms with Crippen LogP contribution in [0, 0.1) is 0 Å². The number of methoxy groups -OCH3 is 2. The predicted octanol–water partition coefficient (Wildman–Crippen LogP) is 2.05. The first-order valence-corrected chi connectivity index (χ1v) is 13.0. The molecule has 34 heavy (non-hydrogen) atoms. The summed E-state index contributed by atoms with van der Waals surface area (Å²) in [5.74, 6) is 1.23. The monoisotopic (exact) mass is 489 g/mol. The van der Waals surface area contributed by atoms with Crippen molar-refractivity contribution in [3.63, 3.8) is 0 Å². The second kappa shape index (κ2) is 10.6. The number of morpholine rings is 1. The van der Waals surface area contributed by atoms with Crippen molar-refractivity contribution in [2.24, 2.45) is 0 Å². The van der Waals surface area contributed by atoms with Crippen LogP contribution in [0.15, 0.2) is 42.5 Å². The highest BCUT2D eigenvalue weighted by Crippen LogP contribution is 2.32. The molecule has 2 heterocycles. The average Bonchev–Trinajstić information content (AvgIpc) is 3.23. The molecular weight excluding hydrogens is 458 g/mol. The minimum Gasteiger partial charge on any atom is -0.493 e. The van der Waals surface area contributed by atoms with E-state index in [1.54, 1.807) is 38.5 Å². The maximum absolute atomic E-state index is 12.9. The van der Waals surface area contributed by atoms with E-state index in [-0.39, 0.29) is 17.7 Å². The van der Waals surface area contributed by atoms with E-state index >= 15 is 0 Å². The van der Waals surface area contributed by atoms with E-state index in [2.05, 4.69) is 10.2 Å². The second-order valence-electron chi connectivity index (χ2n) is 8.28. The van der Waals surface area contributed by atoms with Crippen molar-refractivity contribution in [1.82, 2.24) is 10.2 Å². The van der Waals surface area contributed by atoms with Gasteiger partial charge in [0.15, 0.2) is 11.5 Å². The summed E-state index contributed by atoms with van der Waals surface area (Å²) in [7, 11) is -0.0506. The van der Waals surface area contributed by atoms with Crippen molar-refractivity contribution >= 4 is 21.6 Å². The van der Waals surface area contributed by atoms with Gasteiger partial charge in [-0.2, -0.15) is 0 Å². The van der Waals surface area contributed by atoms with Crippen LogP contribution in [-0.2, 0) is 14.8 Å². The fourth-order valence-corrected chi connectivity index (χ4v) is 5.97. The van der Waals surface area contributed by atoms with Gasteiger partial charge in [0.25, 0.3) is 5.91 Å². The topological polar surface area (TPSA) is 97.4 Å². The molecule has 2 aromatic carbocycles. The number of anilines is 1. The van der Waals surface area contributed by atoms with E-state index in [4.69, 9.17) is 14.2 Å². The third-order valence-electron chi connectivity index (χ3n) is 6.25. The van der Waals surface area contributed by atoms with Crippen LogP contribution in [0.5, 0.6) is 11.5 Å². The molecule has 2 aliphatic heterocycles. The summed E-state index contributed by atoms with van der Waals surface area (Å²) < 4.78 is 42.0. The highest BCUT2D eigenvalue weighted by Gasteiger charge is 2.28. The Morgan fingerprint density at radius 1 is 1.03 bits per heavy atom.